The molecule has 2 aromatic carbocycles. The highest BCUT2D eigenvalue weighted by molar-refractivity contribution is 5.41. The van der Waals surface area contributed by atoms with Gasteiger partial charge in [0.1, 0.15) is 11.9 Å². The van der Waals surface area contributed by atoms with Gasteiger partial charge in [-0.1, -0.05) is 48.9 Å². The highest BCUT2D eigenvalue weighted by atomic mass is 16.5. The van der Waals surface area contributed by atoms with E-state index in [4.69, 9.17) is 10.5 Å². The number of rotatable bonds is 2. The molecule has 2 N–H and O–H groups in total. The van der Waals surface area contributed by atoms with Crippen molar-refractivity contribution in [3.63, 3.8) is 0 Å². The molecule has 0 fully saturated rings. The number of nitrogens with two attached hydrogens (primary N) is 1. The van der Waals surface area contributed by atoms with Gasteiger partial charge in [-0.05, 0) is 30.5 Å². The van der Waals surface area contributed by atoms with Crippen LogP contribution in [0.1, 0.15) is 47.7 Å². The lowest BCUT2D eigenvalue weighted by Gasteiger charge is -2.31. The van der Waals surface area contributed by atoms with Gasteiger partial charge in [0.25, 0.3) is 0 Å². The Balaban J connectivity index is 1.88. The zero-order chi connectivity index (χ0) is 14.1. The molecule has 0 aromatic heterocycles. The summed E-state index contributed by atoms with van der Waals surface area (Å²) in [6, 6.07) is 15.0. The molecule has 0 amide bonds. The quantitative estimate of drug-likeness (QED) is 0.889. The molecule has 2 unspecified atom stereocenters. The lowest BCUT2D eigenvalue weighted by molar-refractivity contribution is 0.161. The Morgan fingerprint density at radius 3 is 2.60 bits per heavy atom. The van der Waals surface area contributed by atoms with Gasteiger partial charge in [0, 0.05) is 18.0 Å². The van der Waals surface area contributed by atoms with E-state index in [-0.39, 0.29) is 12.1 Å². The summed E-state index contributed by atoms with van der Waals surface area (Å²) in [4.78, 5) is 0. The van der Waals surface area contributed by atoms with Crippen LogP contribution in [0, 0.1) is 6.92 Å². The second-order valence-electron chi connectivity index (χ2n) is 5.59. The van der Waals surface area contributed by atoms with Crippen molar-refractivity contribution < 1.29 is 4.74 Å². The first-order chi connectivity index (χ1) is 9.67. The number of hydrogen-bond donors (Lipinski definition) is 1. The molecule has 104 valence electrons. The Hall–Kier alpha value is -1.80. The van der Waals surface area contributed by atoms with Gasteiger partial charge in [0.2, 0.25) is 0 Å². The van der Waals surface area contributed by atoms with Crippen molar-refractivity contribution in [2.75, 3.05) is 0 Å². The van der Waals surface area contributed by atoms with E-state index in [1.54, 1.807) is 0 Å². The van der Waals surface area contributed by atoms with E-state index in [0.717, 1.165) is 24.2 Å². The van der Waals surface area contributed by atoms with Crippen LogP contribution in [-0.2, 0) is 6.42 Å². The third-order valence-electron chi connectivity index (χ3n) is 4.06. The second-order valence-corrected chi connectivity index (χ2v) is 5.59. The third kappa shape index (κ3) is 2.44. The van der Waals surface area contributed by atoms with Gasteiger partial charge in [0.05, 0.1) is 0 Å². The summed E-state index contributed by atoms with van der Waals surface area (Å²) in [7, 11) is 0. The van der Waals surface area contributed by atoms with Crippen LogP contribution in [0.15, 0.2) is 42.5 Å². The average Bonchev–Trinajstić information content (AvgIpc) is 2.48. The Morgan fingerprint density at radius 1 is 1.15 bits per heavy atom. The first-order valence-electron chi connectivity index (χ1n) is 7.29. The van der Waals surface area contributed by atoms with E-state index >= 15 is 0 Å². The molecule has 2 aromatic rings. The zero-order valence-corrected chi connectivity index (χ0v) is 12.1. The van der Waals surface area contributed by atoms with Gasteiger partial charge < -0.3 is 10.5 Å². The molecular weight excluding hydrogens is 246 g/mol. The van der Waals surface area contributed by atoms with Crippen molar-refractivity contribution in [2.24, 2.45) is 5.73 Å². The molecule has 2 atom stereocenters. The Kier molecular flexibility index (Phi) is 3.49. The summed E-state index contributed by atoms with van der Waals surface area (Å²) < 4.78 is 6.14. The van der Waals surface area contributed by atoms with Crippen LogP contribution < -0.4 is 10.5 Å². The van der Waals surface area contributed by atoms with Gasteiger partial charge in [0.15, 0.2) is 0 Å². The maximum atomic E-state index is 6.32. The molecule has 1 aliphatic heterocycles. The van der Waals surface area contributed by atoms with Gasteiger partial charge in [-0.2, -0.15) is 0 Å². The molecule has 1 heterocycles. The number of aryl methyl sites for hydroxylation is 2. The van der Waals surface area contributed by atoms with E-state index in [9.17, 15) is 0 Å². The predicted molar refractivity (Wildman–Crippen MR) is 81.9 cm³/mol. The van der Waals surface area contributed by atoms with Crippen molar-refractivity contribution in [3.8, 4) is 5.75 Å². The predicted octanol–water partition coefficient (Wildman–Crippen LogP) is 4.08. The molecule has 0 saturated carbocycles. The molecule has 0 aliphatic carbocycles. The molecule has 1 aliphatic rings. The maximum Gasteiger partial charge on any atom is 0.126 e. The van der Waals surface area contributed by atoms with Crippen molar-refractivity contribution in [2.45, 2.75) is 38.8 Å². The lowest BCUT2D eigenvalue weighted by atomic mass is 9.92. The maximum absolute atomic E-state index is 6.32. The molecule has 20 heavy (non-hydrogen) atoms. The van der Waals surface area contributed by atoms with Crippen molar-refractivity contribution >= 4 is 0 Å². The SMILES string of the molecule is CCc1ccc(C2CC(N)c3cc(C)ccc3O2)cc1. The normalized spacial score (nSPS) is 21.1. The van der Waals surface area contributed by atoms with Crippen molar-refractivity contribution in [1.29, 1.82) is 0 Å². The Morgan fingerprint density at radius 2 is 1.90 bits per heavy atom. The molecule has 0 bridgehead atoms. The van der Waals surface area contributed by atoms with E-state index < -0.39 is 0 Å². The summed E-state index contributed by atoms with van der Waals surface area (Å²) in [6.07, 6.45) is 1.96. The van der Waals surface area contributed by atoms with Gasteiger partial charge in [-0.3, -0.25) is 0 Å². The molecule has 0 saturated heterocycles. The number of ether oxygens (including phenoxy) is 1. The second kappa shape index (κ2) is 5.29. The minimum absolute atomic E-state index is 0.0505. The summed E-state index contributed by atoms with van der Waals surface area (Å²) in [6.45, 7) is 4.25. The summed E-state index contributed by atoms with van der Waals surface area (Å²) in [5.41, 5.74) is 11.2. The summed E-state index contributed by atoms with van der Waals surface area (Å²) >= 11 is 0. The van der Waals surface area contributed by atoms with Crippen molar-refractivity contribution in [1.82, 2.24) is 0 Å². The van der Waals surface area contributed by atoms with E-state index in [2.05, 4.69) is 50.2 Å². The van der Waals surface area contributed by atoms with Crippen LogP contribution in [0.4, 0.5) is 0 Å². The molecule has 2 nitrogen and oxygen atoms in total. The fourth-order valence-corrected chi connectivity index (χ4v) is 2.80. The Bertz CT molecular complexity index is 603. The standard InChI is InChI=1S/C18H21NO/c1-3-13-5-7-14(8-6-13)18-11-16(19)15-10-12(2)4-9-17(15)20-18/h4-10,16,18H,3,11,19H2,1-2H3. The number of fused-ring (bicyclic) bond motifs is 1. The van der Waals surface area contributed by atoms with Gasteiger partial charge in [-0.15, -0.1) is 0 Å². The molecule has 0 radical (unpaired) electrons. The van der Waals surface area contributed by atoms with Crippen LogP contribution in [0.5, 0.6) is 5.75 Å². The topological polar surface area (TPSA) is 35.2 Å². The van der Waals surface area contributed by atoms with Gasteiger partial charge in [-0.25, -0.2) is 0 Å². The fourth-order valence-electron chi connectivity index (χ4n) is 2.80. The Labute approximate surface area is 120 Å². The molecule has 2 heteroatoms. The van der Waals surface area contributed by atoms with Crippen LogP contribution >= 0.6 is 0 Å². The summed E-state index contributed by atoms with van der Waals surface area (Å²) in [5.74, 6) is 0.930. The lowest BCUT2D eigenvalue weighted by Crippen LogP contribution is -2.24. The van der Waals surface area contributed by atoms with Crippen LogP contribution in [0.3, 0.4) is 0 Å². The highest BCUT2D eigenvalue weighted by Gasteiger charge is 2.26. The number of benzene rings is 2. The van der Waals surface area contributed by atoms with E-state index in [0.29, 0.717) is 0 Å². The first-order valence-corrected chi connectivity index (χ1v) is 7.29. The minimum Gasteiger partial charge on any atom is -0.485 e. The fraction of sp³-hybridized carbons (Fsp3) is 0.333. The largest absolute Gasteiger partial charge is 0.485 e. The monoisotopic (exact) mass is 267 g/mol. The van der Waals surface area contributed by atoms with Crippen LogP contribution in [-0.4, -0.2) is 0 Å². The molecular formula is C18H21NO. The van der Waals surface area contributed by atoms with Gasteiger partial charge >= 0.3 is 0 Å². The van der Waals surface area contributed by atoms with Crippen molar-refractivity contribution in [3.05, 3.63) is 64.7 Å². The molecule has 3 rings (SSSR count). The minimum atomic E-state index is 0.0505. The third-order valence-corrected chi connectivity index (χ3v) is 4.06. The van der Waals surface area contributed by atoms with Crippen LogP contribution in [0.2, 0.25) is 0 Å². The highest BCUT2D eigenvalue weighted by Crippen LogP contribution is 2.39. The molecule has 0 spiro atoms. The summed E-state index contributed by atoms with van der Waals surface area (Å²) in [5, 5.41) is 0. The number of hydrogen-bond acceptors (Lipinski definition) is 2. The van der Waals surface area contributed by atoms with E-state index in [1.807, 2.05) is 6.07 Å². The first kappa shape index (κ1) is 13.2. The average molecular weight is 267 g/mol. The smallest absolute Gasteiger partial charge is 0.126 e. The van der Waals surface area contributed by atoms with Crippen LogP contribution in [0.25, 0.3) is 0 Å². The zero-order valence-electron chi connectivity index (χ0n) is 12.1. The van der Waals surface area contributed by atoms with E-state index in [1.165, 1.54) is 16.7 Å².